The number of hydrogen-bond donors (Lipinski definition) is 0. The maximum absolute atomic E-state index is 10.7. The second-order valence-electron chi connectivity index (χ2n) is 5.96. The Bertz CT molecular complexity index is 586. The van der Waals surface area contributed by atoms with Gasteiger partial charge in [0.1, 0.15) is 0 Å². The van der Waals surface area contributed by atoms with Crippen molar-refractivity contribution in [2.75, 3.05) is 0 Å². The van der Waals surface area contributed by atoms with Crippen LogP contribution in [0, 0.1) is 6.92 Å². The lowest BCUT2D eigenvalue weighted by molar-refractivity contribution is 0.562. The van der Waals surface area contributed by atoms with Gasteiger partial charge in [0.05, 0.1) is 0 Å². The van der Waals surface area contributed by atoms with E-state index in [9.17, 15) is 4.79 Å². The van der Waals surface area contributed by atoms with Crippen LogP contribution >= 0.6 is 0 Å². The molecule has 0 spiro atoms. The molecule has 2 aromatic rings. The second kappa shape index (κ2) is 5.00. The normalized spacial score (nSPS) is 11.4. The summed E-state index contributed by atoms with van der Waals surface area (Å²) in [5.41, 5.74) is 5.41. The van der Waals surface area contributed by atoms with Gasteiger partial charge in [-0.25, -0.2) is 0 Å². The molecule has 0 heterocycles. The van der Waals surface area contributed by atoms with E-state index in [4.69, 9.17) is 0 Å². The van der Waals surface area contributed by atoms with Crippen LogP contribution in [-0.4, -0.2) is 6.29 Å². The van der Waals surface area contributed by atoms with Crippen molar-refractivity contribution in [2.45, 2.75) is 33.1 Å². The van der Waals surface area contributed by atoms with Crippen molar-refractivity contribution in [2.24, 2.45) is 0 Å². The number of aryl methyl sites for hydroxylation is 1. The molecule has 97 valence electrons. The highest BCUT2D eigenvalue weighted by atomic mass is 16.1. The summed E-state index contributed by atoms with van der Waals surface area (Å²) in [6.07, 6.45) is 1.95. The van der Waals surface area contributed by atoms with Crippen molar-refractivity contribution in [1.82, 2.24) is 0 Å². The van der Waals surface area contributed by atoms with E-state index in [0.717, 1.165) is 11.1 Å². The SMILES string of the molecule is Cc1cc(-c2ccc(C(C)(C)C)cc2)ccc1[C]=O. The third-order valence-electron chi connectivity index (χ3n) is 3.42. The van der Waals surface area contributed by atoms with E-state index in [2.05, 4.69) is 45.0 Å². The summed E-state index contributed by atoms with van der Waals surface area (Å²) >= 11 is 0. The van der Waals surface area contributed by atoms with E-state index in [1.165, 1.54) is 11.1 Å². The first-order chi connectivity index (χ1) is 8.91. The van der Waals surface area contributed by atoms with E-state index < -0.39 is 0 Å². The summed E-state index contributed by atoms with van der Waals surface area (Å²) in [6.45, 7) is 8.57. The molecule has 0 aliphatic rings. The maximum Gasteiger partial charge on any atom is 0.233 e. The zero-order valence-electron chi connectivity index (χ0n) is 11.9. The summed E-state index contributed by atoms with van der Waals surface area (Å²) in [4.78, 5) is 10.7. The first-order valence-electron chi connectivity index (χ1n) is 6.51. The van der Waals surface area contributed by atoms with Gasteiger partial charge in [0.15, 0.2) is 0 Å². The molecule has 19 heavy (non-hydrogen) atoms. The molecule has 1 heteroatoms. The molecule has 0 aliphatic heterocycles. The Balaban J connectivity index is 2.37. The molecule has 0 N–H and O–H groups in total. The molecule has 1 nitrogen and oxygen atoms in total. The monoisotopic (exact) mass is 251 g/mol. The standard InChI is InChI=1S/C18H19O/c1-13-11-15(5-6-16(13)12-19)14-7-9-17(10-8-14)18(2,3)4/h5-11H,1-4H3. The van der Waals surface area contributed by atoms with E-state index in [-0.39, 0.29) is 5.41 Å². The van der Waals surface area contributed by atoms with Gasteiger partial charge < -0.3 is 0 Å². The molecule has 0 fully saturated rings. The molecule has 0 saturated carbocycles. The topological polar surface area (TPSA) is 17.1 Å². The predicted octanol–water partition coefficient (Wildman–Crippen LogP) is 4.42. The molecule has 0 atom stereocenters. The van der Waals surface area contributed by atoms with Crippen LogP contribution in [0.5, 0.6) is 0 Å². The number of carbonyl (C=O) groups excluding carboxylic acids is 1. The molecule has 0 bridgehead atoms. The first kappa shape index (κ1) is 13.5. The highest BCUT2D eigenvalue weighted by molar-refractivity contribution is 5.80. The number of rotatable bonds is 2. The lowest BCUT2D eigenvalue weighted by Crippen LogP contribution is -2.10. The number of hydrogen-bond acceptors (Lipinski definition) is 1. The summed E-state index contributed by atoms with van der Waals surface area (Å²) in [7, 11) is 0. The Labute approximate surface area is 115 Å². The highest BCUT2D eigenvalue weighted by Gasteiger charge is 2.13. The van der Waals surface area contributed by atoms with Crippen molar-refractivity contribution >= 4 is 6.29 Å². The smallest absolute Gasteiger partial charge is 0.233 e. The van der Waals surface area contributed by atoms with Gasteiger partial charge in [-0.05, 0) is 34.6 Å². The summed E-state index contributed by atoms with van der Waals surface area (Å²) in [5.74, 6) is 0. The summed E-state index contributed by atoms with van der Waals surface area (Å²) in [5, 5.41) is 0. The predicted molar refractivity (Wildman–Crippen MR) is 80.1 cm³/mol. The minimum atomic E-state index is 0.171. The fourth-order valence-electron chi connectivity index (χ4n) is 2.12. The van der Waals surface area contributed by atoms with Gasteiger partial charge in [-0.1, -0.05) is 63.2 Å². The largest absolute Gasteiger partial charge is 0.285 e. The fraction of sp³-hybridized carbons (Fsp3) is 0.278. The molecule has 2 aromatic carbocycles. The van der Waals surface area contributed by atoms with Crippen molar-refractivity contribution in [3.63, 3.8) is 0 Å². The Morgan fingerprint density at radius 2 is 1.47 bits per heavy atom. The quantitative estimate of drug-likeness (QED) is 0.772. The average molecular weight is 251 g/mol. The Morgan fingerprint density at radius 3 is 1.95 bits per heavy atom. The summed E-state index contributed by atoms with van der Waals surface area (Å²) in [6, 6.07) is 14.5. The van der Waals surface area contributed by atoms with E-state index in [1.54, 1.807) is 0 Å². The van der Waals surface area contributed by atoms with Crippen LogP contribution in [0.15, 0.2) is 42.5 Å². The van der Waals surface area contributed by atoms with Crippen molar-refractivity contribution in [1.29, 1.82) is 0 Å². The maximum atomic E-state index is 10.7. The zero-order valence-corrected chi connectivity index (χ0v) is 11.9. The van der Waals surface area contributed by atoms with Crippen LogP contribution in [0.1, 0.15) is 37.5 Å². The molecule has 0 aliphatic carbocycles. The van der Waals surface area contributed by atoms with Gasteiger partial charge >= 0.3 is 0 Å². The average Bonchev–Trinajstić information content (AvgIpc) is 2.38. The van der Waals surface area contributed by atoms with Gasteiger partial charge in [-0.15, -0.1) is 0 Å². The van der Waals surface area contributed by atoms with Crippen LogP contribution in [-0.2, 0) is 10.2 Å². The molecule has 0 saturated heterocycles. The molecular weight excluding hydrogens is 232 g/mol. The number of benzene rings is 2. The molecule has 0 amide bonds. The zero-order chi connectivity index (χ0) is 14.0. The van der Waals surface area contributed by atoms with E-state index in [1.807, 2.05) is 31.4 Å². The van der Waals surface area contributed by atoms with Crippen LogP contribution in [0.2, 0.25) is 0 Å². The van der Waals surface area contributed by atoms with Gasteiger partial charge in [-0.2, -0.15) is 0 Å². The van der Waals surface area contributed by atoms with Gasteiger partial charge in [-0.3, -0.25) is 4.79 Å². The molecule has 0 unspecified atom stereocenters. The van der Waals surface area contributed by atoms with Crippen molar-refractivity contribution in [3.05, 3.63) is 59.2 Å². The molecule has 2 rings (SSSR count). The van der Waals surface area contributed by atoms with Crippen molar-refractivity contribution in [3.8, 4) is 11.1 Å². The fourth-order valence-corrected chi connectivity index (χ4v) is 2.12. The lowest BCUT2D eigenvalue weighted by Gasteiger charge is -2.19. The van der Waals surface area contributed by atoms with E-state index >= 15 is 0 Å². The highest BCUT2D eigenvalue weighted by Crippen LogP contribution is 2.27. The third-order valence-corrected chi connectivity index (χ3v) is 3.42. The molecule has 0 aromatic heterocycles. The van der Waals surface area contributed by atoms with Gasteiger partial charge in [0.25, 0.3) is 0 Å². The van der Waals surface area contributed by atoms with Gasteiger partial charge in [0.2, 0.25) is 6.29 Å². The second-order valence-corrected chi connectivity index (χ2v) is 5.96. The van der Waals surface area contributed by atoms with Crippen LogP contribution < -0.4 is 0 Å². The van der Waals surface area contributed by atoms with Crippen LogP contribution in [0.4, 0.5) is 0 Å². The molecular formula is C18H19O. The summed E-state index contributed by atoms with van der Waals surface area (Å²) < 4.78 is 0. The van der Waals surface area contributed by atoms with Crippen LogP contribution in [0.3, 0.4) is 0 Å². The first-order valence-corrected chi connectivity index (χ1v) is 6.51. The Morgan fingerprint density at radius 1 is 0.895 bits per heavy atom. The lowest BCUT2D eigenvalue weighted by atomic mass is 9.86. The van der Waals surface area contributed by atoms with E-state index in [0.29, 0.717) is 5.56 Å². The molecule has 1 radical (unpaired) electrons. The van der Waals surface area contributed by atoms with Crippen LogP contribution in [0.25, 0.3) is 11.1 Å². The third kappa shape index (κ3) is 2.93. The Hall–Kier alpha value is -1.89. The van der Waals surface area contributed by atoms with Crippen molar-refractivity contribution < 1.29 is 4.79 Å². The Kier molecular flexibility index (Phi) is 3.57. The minimum Gasteiger partial charge on any atom is -0.285 e. The minimum absolute atomic E-state index is 0.171. The van der Waals surface area contributed by atoms with Gasteiger partial charge in [0, 0.05) is 5.56 Å².